The molecule has 2 rings (SSSR count). The molecule has 0 saturated heterocycles. The number of hydrogen-bond acceptors (Lipinski definition) is 2. The molecule has 3 unspecified atom stereocenters. The molecule has 3 heteroatoms. The summed E-state index contributed by atoms with van der Waals surface area (Å²) in [5.74, 6) is 2.26. The van der Waals surface area contributed by atoms with Crippen molar-refractivity contribution in [2.24, 2.45) is 23.0 Å². The predicted molar refractivity (Wildman–Crippen MR) is 92.7 cm³/mol. The second-order valence-corrected chi connectivity index (χ2v) is 8.33. The van der Waals surface area contributed by atoms with E-state index in [0.717, 1.165) is 29.0 Å². The molecular formula is C18H28BrNO. The highest BCUT2D eigenvalue weighted by Crippen LogP contribution is 2.41. The van der Waals surface area contributed by atoms with E-state index in [4.69, 9.17) is 10.5 Å². The van der Waals surface area contributed by atoms with Crippen LogP contribution in [0, 0.1) is 17.3 Å². The van der Waals surface area contributed by atoms with Gasteiger partial charge in [0.1, 0.15) is 5.75 Å². The maximum atomic E-state index is 6.39. The highest BCUT2D eigenvalue weighted by Gasteiger charge is 2.34. The van der Waals surface area contributed by atoms with E-state index >= 15 is 0 Å². The van der Waals surface area contributed by atoms with Crippen LogP contribution >= 0.6 is 15.9 Å². The van der Waals surface area contributed by atoms with Crippen molar-refractivity contribution in [2.45, 2.75) is 52.5 Å². The molecule has 0 aromatic heterocycles. The van der Waals surface area contributed by atoms with Crippen molar-refractivity contribution in [3.8, 4) is 5.75 Å². The van der Waals surface area contributed by atoms with E-state index in [1.165, 1.54) is 18.4 Å². The molecule has 0 heterocycles. The average molecular weight is 354 g/mol. The van der Waals surface area contributed by atoms with Crippen molar-refractivity contribution in [2.75, 3.05) is 7.11 Å². The van der Waals surface area contributed by atoms with Gasteiger partial charge >= 0.3 is 0 Å². The number of hydrogen-bond donors (Lipinski definition) is 1. The maximum absolute atomic E-state index is 6.39. The van der Waals surface area contributed by atoms with E-state index < -0.39 is 0 Å². The summed E-state index contributed by atoms with van der Waals surface area (Å²) in [6.07, 6.45) is 4.74. The summed E-state index contributed by atoms with van der Waals surface area (Å²) in [5.41, 5.74) is 8.12. The highest BCUT2D eigenvalue weighted by molar-refractivity contribution is 9.10. The van der Waals surface area contributed by atoms with E-state index in [-0.39, 0.29) is 0 Å². The minimum Gasteiger partial charge on any atom is -0.496 e. The molecule has 1 aliphatic carbocycles. The summed E-state index contributed by atoms with van der Waals surface area (Å²) in [5, 5.41) is 0. The molecule has 0 aliphatic heterocycles. The average Bonchev–Trinajstić information content (AvgIpc) is 2.40. The van der Waals surface area contributed by atoms with Gasteiger partial charge in [-0.15, -0.1) is 0 Å². The van der Waals surface area contributed by atoms with Gasteiger partial charge in [-0.2, -0.15) is 0 Å². The van der Waals surface area contributed by atoms with Crippen LogP contribution in [0.3, 0.4) is 0 Å². The Morgan fingerprint density at radius 1 is 1.29 bits per heavy atom. The molecule has 2 N–H and O–H groups in total. The minimum atomic E-state index is 0.337. The second-order valence-electron chi connectivity index (χ2n) is 7.47. The SMILES string of the molecule is COc1ccc(CC2CC(C(C)(C)C)CCC2N)cc1Br. The highest BCUT2D eigenvalue weighted by atomic mass is 79.9. The number of ether oxygens (including phenoxy) is 1. The Labute approximate surface area is 137 Å². The number of nitrogens with two attached hydrogens (primary N) is 1. The zero-order valence-corrected chi connectivity index (χ0v) is 15.2. The van der Waals surface area contributed by atoms with Gasteiger partial charge in [-0.1, -0.05) is 26.8 Å². The molecule has 0 bridgehead atoms. The molecule has 1 aromatic rings. The smallest absolute Gasteiger partial charge is 0.133 e. The van der Waals surface area contributed by atoms with Gasteiger partial charge in [0, 0.05) is 6.04 Å². The first kappa shape index (κ1) is 16.8. The summed E-state index contributed by atoms with van der Waals surface area (Å²) in [6, 6.07) is 6.71. The van der Waals surface area contributed by atoms with Gasteiger partial charge in [0.25, 0.3) is 0 Å². The normalized spacial score (nSPS) is 26.7. The molecule has 0 radical (unpaired) electrons. The van der Waals surface area contributed by atoms with Crippen LogP contribution in [0.25, 0.3) is 0 Å². The third-order valence-corrected chi connectivity index (χ3v) is 5.60. The molecule has 21 heavy (non-hydrogen) atoms. The summed E-state index contributed by atoms with van der Waals surface area (Å²) in [6.45, 7) is 7.07. The summed E-state index contributed by atoms with van der Waals surface area (Å²) >= 11 is 3.57. The number of rotatable bonds is 3. The Kier molecular flexibility index (Phi) is 5.37. The van der Waals surface area contributed by atoms with Crippen LogP contribution < -0.4 is 10.5 Å². The molecule has 1 fully saturated rings. The third kappa shape index (κ3) is 4.23. The fourth-order valence-electron chi connectivity index (χ4n) is 3.45. The summed E-state index contributed by atoms with van der Waals surface area (Å²) < 4.78 is 6.33. The van der Waals surface area contributed by atoms with E-state index in [1.54, 1.807) is 7.11 Å². The number of benzene rings is 1. The van der Waals surface area contributed by atoms with Gasteiger partial charge in [-0.25, -0.2) is 0 Å². The van der Waals surface area contributed by atoms with E-state index in [2.05, 4.69) is 48.8 Å². The van der Waals surface area contributed by atoms with Crippen LogP contribution in [0.5, 0.6) is 5.75 Å². The van der Waals surface area contributed by atoms with Crippen LogP contribution in [0.15, 0.2) is 22.7 Å². The first-order chi connectivity index (χ1) is 9.81. The molecule has 2 nitrogen and oxygen atoms in total. The zero-order chi connectivity index (χ0) is 15.6. The molecule has 1 aliphatic rings. The molecule has 1 aromatic carbocycles. The van der Waals surface area contributed by atoms with Gasteiger partial charge in [0.15, 0.2) is 0 Å². The monoisotopic (exact) mass is 353 g/mol. The quantitative estimate of drug-likeness (QED) is 0.847. The van der Waals surface area contributed by atoms with Crippen molar-refractivity contribution in [3.63, 3.8) is 0 Å². The molecule has 1 saturated carbocycles. The van der Waals surface area contributed by atoms with Crippen LogP contribution in [0.1, 0.15) is 45.6 Å². The Hall–Kier alpha value is -0.540. The Bertz CT molecular complexity index is 481. The lowest BCUT2D eigenvalue weighted by Crippen LogP contribution is -2.40. The van der Waals surface area contributed by atoms with Crippen LogP contribution in [-0.2, 0) is 6.42 Å². The van der Waals surface area contributed by atoms with Crippen molar-refractivity contribution >= 4 is 15.9 Å². The zero-order valence-electron chi connectivity index (χ0n) is 13.7. The summed E-state index contributed by atoms with van der Waals surface area (Å²) in [7, 11) is 1.70. The van der Waals surface area contributed by atoms with Crippen molar-refractivity contribution < 1.29 is 4.74 Å². The Balaban J connectivity index is 2.08. The molecule has 0 spiro atoms. The Morgan fingerprint density at radius 3 is 2.57 bits per heavy atom. The molecule has 0 amide bonds. The first-order valence-corrected chi connectivity index (χ1v) is 8.68. The van der Waals surface area contributed by atoms with E-state index in [1.807, 2.05) is 6.07 Å². The van der Waals surface area contributed by atoms with Crippen LogP contribution in [0.4, 0.5) is 0 Å². The van der Waals surface area contributed by atoms with Crippen molar-refractivity contribution in [1.29, 1.82) is 0 Å². The molecular weight excluding hydrogens is 326 g/mol. The van der Waals surface area contributed by atoms with Crippen LogP contribution in [-0.4, -0.2) is 13.2 Å². The topological polar surface area (TPSA) is 35.2 Å². The van der Waals surface area contributed by atoms with Crippen molar-refractivity contribution in [3.05, 3.63) is 28.2 Å². The first-order valence-electron chi connectivity index (χ1n) is 7.89. The number of halogens is 1. The lowest BCUT2D eigenvalue weighted by molar-refractivity contribution is 0.127. The standard InChI is InChI=1S/C18H28BrNO/c1-18(2,3)14-6-7-16(20)13(11-14)9-12-5-8-17(21-4)15(19)10-12/h5,8,10,13-14,16H,6-7,9,11,20H2,1-4H3. The van der Waals surface area contributed by atoms with Crippen LogP contribution in [0.2, 0.25) is 0 Å². The van der Waals surface area contributed by atoms with E-state index in [9.17, 15) is 0 Å². The Morgan fingerprint density at radius 2 is 2.00 bits per heavy atom. The number of methoxy groups -OCH3 is 1. The van der Waals surface area contributed by atoms with Gasteiger partial charge in [-0.05, 0) is 76.6 Å². The maximum Gasteiger partial charge on any atom is 0.133 e. The second kappa shape index (κ2) is 6.70. The minimum absolute atomic E-state index is 0.337. The predicted octanol–water partition coefficient (Wildman–Crippen LogP) is 4.79. The fourth-order valence-corrected chi connectivity index (χ4v) is 4.04. The van der Waals surface area contributed by atoms with Gasteiger partial charge in [-0.3, -0.25) is 0 Å². The molecule has 118 valence electrons. The summed E-state index contributed by atoms with van der Waals surface area (Å²) in [4.78, 5) is 0. The fraction of sp³-hybridized carbons (Fsp3) is 0.667. The third-order valence-electron chi connectivity index (χ3n) is 4.98. The molecule has 3 atom stereocenters. The van der Waals surface area contributed by atoms with E-state index in [0.29, 0.717) is 17.4 Å². The van der Waals surface area contributed by atoms with Gasteiger partial charge in [0.05, 0.1) is 11.6 Å². The van der Waals surface area contributed by atoms with Gasteiger partial charge in [0.2, 0.25) is 0 Å². The lowest BCUT2D eigenvalue weighted by atomic mass is 9.66. The van der Waals surface area contributed by atoms with Gasteiger partial charge < -0.3 is 10.5 Å². The lowest BCUT2D eigenvalue weighted by Gasteiger charge is -2.40. The van der Waals surface area contributed by atoms with Crippen molar-refractivity contribution in [1.82, 2.24) is 0 Å². The largest absolute Gasteiger partial charge is 0.496 e.